The van der Waals surface area contributed by atoms with Gasteiger partial charge < -0.3 is 4.98 Å². The number of rotatable bonds is 3. The molecule has 0 fully saturated rings. The molecule has 90 valence electrons. The number of aromatic nitrogens is 4. The predicted molar refractivity (Wildman–Crippen MR) is 65.9 cm³/mol. The Morgan fingerprint density at radius 2 is 2.18 bits per heavy atom. The molecule has 0 aliphatic heterocycles. The standard InChI is InChI=1S/C12H16N4O/c1-4-9-8(3)12(17)15-11(14-9)10-6-7-13-16(10)5-2/h6-7H,4-5H2,1-3H3,(H,14,15,17). The molecule has 0 radical (unpaired) electrons. The molecule has 0 aliphatic carbocycles. The Balaban J connectivity index is 2.61. The molecule has 2 aromatic heterocycles. The average molecular weight is 232 g/mol. The van der Waals surface area contributed by atoms with Crippen LogP contribution < -0.4 is 5.56 Å². The molecule has 5 nitrogen and oxygen atoms in total. The molecule has 0 saturated heterocycles. The molecular formula is C12H16N4O. The highest BCUT2D eigenvalue weighted by molar-refractivity contribution is 5.49. The summed E-state index contributed by atoms with van der Waals surface area (Å²) in [6.45, 7) is 6.55. The van der Waals surface area contributed by atoms with Gasteiger partial charge in [-0.25, -0.2) is 4.98 Å². The van der Waals surface area contributed by atoms with Crippen molar-refractivity contribution >= 4 is 0 Å². The Hall–Kier alpha value is -1.91. The van der Waals surface area contributed by atoms with Crippen LogP contribution in [-0.4, -0.2) is 19.7 Å². The number of hydrogen-bond donors (Lipinski definition) is 1. The van der Waals surface area contributed by atoms with E-state index in [4.69, 9.17) is 0 Å². The van der Waals surface area contributed by atoms with Crippen molar-refractivity contribution in [2.45, 2.75) is 33.7 Å². The van der Waals surface area contributed by atoms with Gasteiger partial charge in [-0.05, 0) is 26.3 Å². The fourth-order valence-corrected chi connectivity index (χ4v) is 1.83. The zero-order valence-electron chi connectivity index (χ0n) is 10.3. The van der Waals surface area contributed by atoms with Gasteiger partial charge in [0.05, 0.1) is 5.69 Å². The van der Waals surface area contributed by atoms with Crippen LogP contribution in [0, 0.1) is 6.92 Å². The van der Waals surface area contributed by atoms with E-state index in [1.807, 2.05) is 24.6 Å². The molecule has 17 heavy (non-hydrogen) atoms. The third-order valence-corrected chi connectivity index (χ3v) is 2.85. The molecule has 0 spiro atoms. The van der Waals surface area contributed by atoms with Gasteiger partial charge in [0.2, 0.25) is 0 Å². The summed E-state index contributed by atoms with van der Waals surface area (Å²) in [6, 6.07) is 1.86. The van der Waals surface area contributed by atoms with Crippen molar-refractivity contribution in [3.05, 3.63) is 33.9 Å². The Kier molecular flexibility index (Phi) is 3.08. The van der Waals surface area contributed by atoms with E-state index in [9.17, 15) is 4.79 Å². The van der Waals surface area contributed by atoms with Gasteiger partial charge in [-0.1, -0.05) is 6.92 Å². The van der Waals surface area contributed by atoms with Gasteiger partial charge in [0.25, 0.3) is 5.56 Å². The number of nitrogens with zero attached hydrogens (tertiary/aromatic N) is 3. The van der Waals surface area contributed by atoms with Crippen LogP contribution in [0.3, 0.4) is 0 Å². The summed E-state index contributed by atoms with van der Waals surface area (Å²) >= 11 is 0. The molecule has 0 aromatic carbocycles. The monoisotopic (exact) mass is 232 g/mol. The van der Waals surface area contributed by atoms with Crippen molar-refractivity contribution in [3.63, 3.8) is 0 Å². The summed E-state index contributed by atoms with van der Waals surface area (Å²) in [7, 11) is 0. The Labute approximate surface area is 99.5 Å². The van der Waals surface area contributed by atoms with E-state index >= 15 is 0 Å². The van der Waals surface area contributed by atoms with Crippen molar-refractivity contribution in [2.75, 3.05) is 0 Å². The number of aromatic amines is 1. The highest BCUT2D eigenvalue weighted by Gasteiger charge is 2.10. The lowest BCUT2D eigenvalue weighted by Crippen LogP contribution is -2.16. The maximum absolute atomic E-state index is 11.8. The van der Waals surface area contributed by atoms with Crippen molar-refractivity contribution in [1.29, 1.82) is 0 Å². The van der Waals surface area contributed by atoms with E-state index < -0.39 is 0 Å². The van der Waals surface area contributed by atoms with Crippen LogP contribution in [0.15, 0.2) is 17.1 Å². The number of H-pyrrole nitrogens is 1. The third kappa shape index (κ3) is 2.00. The number of hydrogen-bond acceptors (Lipinski definition) is 3. The van der Waals surface area contributed by atoms with E-state index in [1.165, 1.54) is 0 Å². The minimum atomic E-state index is -0.0734. The van der Waals surface area contributed by atoms with Crippen LogP contribution in [0.2, 0.25) is 0 Å². The minimum Gasteiger partial charge on any atom is -0.305 e. The summed E-state index contributed by atoms with van der Waals surface area (Å²) in [6.07, 6.45) is 2.47. The summed E-state index contributed by atoms with van der Waals surface area (Å²) in [4.78, 5) is 19.1. The quantitative estimate of drug-likeness (QED) is 0.872. The smallest absolute Gasteiger partial charge is 0.254 e. The van der Waals surface area contributed by atoms with E-state index in [0.717, 1.165) is 24.4 Å². The van der Waals surface area contributed by atoms with Crippen LogP contribution in [0.5, 0.6) is 0 Å². The molecule has 0 amide bonds. The lowest BCUT2D eigenvalue weighted by molar-refractivity contribution is 0.663. The second-order valence-electron chi connectivity index (χ2n) is 3.87. The van der Waals surface area contributed by atoms with Gasteiger partial charge in [-0.3, -0.25) is 9.48 Å². The first-order chi connectivity index (χ1) is 8.17. The van der Waals surface area contributed by atoms with Crippen LogP contribution in [-0.2, 0) is 13.0 Å². The maximum atomic E-state index is 11.8. The van der Waals surface area contributed by atoms with Gasteiger partial charge in [-0.15, -0.1) is 0 Å². The van der Waals surface area contributed by atoms with E-state index in [-0.39, 0.29) is 5.56 Å². The van der Waals surface area contributed by atoms with Gasteiger partial charge >= 0.3 is 0 Å². The third-order valence-electron chi connectivity index (χ3n) is 2.85. The Morgan fingerprint density at radius 3 is 2.82 bits per heavy atom. The predicted octanol–water partition coefficient (Wildman–Crippen LogP) is 1.52. The van der Waals surface area contributed by atoms with Crippen molar-refractivity contribution < 1.29 is 0 Å². The van der Waals surface area contributed by atoms with Crippen molar-refractivity contribution in [3.8, 4) is 11.5 Å². The summed E-state index contributed by atoms with van der Waals surface area (Å²) < 4.78 is 1.81. The highest BCUT2D eigenvalue weighted by Crippen LogP contribution is 2.14. The van der Waals surface area contributed by atoms with E-state index in [1.54, 1.807) is 13.1 Å². The molecule has 2 rings (SSSR count). The SMILES string of the molecule is CCc1nc(-c2ccnn2CC)[nH]c(=O)c1C. The molecule has 0 aliphatic rings. The van der Waals surface area contributed by atoms with Crippen molar-refractivity contribution in [2.24, 2.45) is 0 Å². The van der Waals surface area contributed by atoms with Crippen LogP contribution >= 0.6 is 0 Å². The molecule has 1 N–H and O–H groups in total. The number of aryl methyl sites for hydroxylation is 2. The molecule has 0 atom stereocenters. The van der Waals surface area contributed by atoms with E-state index in [2.05, 4.69) is 15.1 Å². The molecule has 2 aromatic rings. The Bertz CT molecular complexity index is 582. The fourth-order valence-electron chi connectivity index (χ4n) is 1.83. The average Bonchev–Trinajstić information content (AvgIpc) is 2.80. The molecule has 0 unspecified atom stereocenters. The Morgan fingerprint density at radius 1 is 1.41 bits per heavy atom. The molecule has 5 heteroatoms. The van der Waals surface area contributed by atoms with Gasteiger partial charge in [0.1, 0.15) is 5.69 Å². The normalized spacial score (nSPS) is 10.8. The van der Waals surface area contributed by atoms with Gasteiger partial charge in [-0.2, -0.15) is 5.10 Å². The molecule has 2 heterocycles. The van der Waals surface area contributed by atoms with Crippen LogP contribution in [0.4, 0.5) is 0 Å². The largest absolute Gasteiger partial charge is 0.305 e. The molecule has 0 saturated carbocycles. The zero-order valence-corrected chi connectivity index (χ0v) is 10.3. The lowest BCUT2D eigenvalue weighted by atomic mass is 10.2. The fraction of sp³-hybridized carbons (Fsp3) is 0.417. The summed E-state index contributed by atoms with van der Waals surface area (Å²) in [5, 5.41) is 4.17. The van der Waals surface area contributed by atoms with Crippen LogP contribution in [0.1, 0.15) is 25.1 Å². The van der Waals surface area contributed by atoms with Crippen LogP contribution in [0.25, 0.3) is 11.5 Å². The maximum Gasteiger partial charge on any atom is 0.254 e. The topological polar surface area (TPSA) is 63.6 Å². The molecular weight excluding hydrogens is 216 g/mol. The molecule has 0 bridgehead atoms. The van der Waals surface area contributed by atoms with E-state index in [0.29, 0.717) is 11.4 Å². The number of nitrogens with one attached hydrogen (secondary N) is 1. The minimum absolute atomic E-state index is 0.0734. The zero-order chi connectivity index (χ0) is 12.4. The first-order valence-electron chi connectivity index (χ1n) is 5.79. The first-order valence-corrected chi connectivity index (χ1v) is 5.79. The summed E-state index contributed by atoms with van der Waals surface area (Å²) in [5.74, 6) is 0.594. The van der Waals surface area contributed by atoms with Crippen molar-refractivity contribution in [1.82, 2.24) is 19.7 Å². The first kappa shape index (κ1) is 11.6. The van der Waals surface area contributed by atoms with Gasteiger partial charge in [0, 0.05) is 18.3 Å². The lowest BCUT2D eigenvalue weighted by Gasteiger charge is -2.07. The second-order valence-corrected chi connectivity index (χ2v) is 3.87. The second kappa shape index (κ2) is 4.53. The highest BCUT2D eigenvalue weighted by atomic mass is 16.1. The van der Waals surface area contributed by atoms with Gasteiger partial charge in [0.15, 0.2) is 5.82 Å². The summed E-state index contributed by atoms with van der Waals surface area (Å²) in [5.41, 5.74) is 2.31.